The van der Waals surface area contributed by atoms with E-state index < -0.39 is 17.8 Å². The third-order valence-electron chi connectivity index (χ3n) is 4.36. The van der Waals surface area contributed by atoms with E-state index in [-0.39, 0.29) is 30.6 Å². The van der Waals surface area contributed by atoms with E-state index in [2.05, 4.69) is 0 Å². The number of aliphatic carboxylic acids is 1. The van der Waals surface area contributed by atoms with Crippen molar-refractivity contribution in [3.05, 3.63) is 35.1 Å². The van der Waals surface area contributed by atoms with Crippen molar-refractivity contribution in [2.24, 2.45) is 0 Å². The smallest absolute Gasteiger partial charge is 0.305 e. The second-order valence-electron chi connectivity index (χ2n) is 6.15. The van der Waals surface area contributed by atoms with Gasteiger partial charge in [0.1, 0.15) is 5.82 Å². The fraction of sp³-hybridized carbons (Fsp3) is 0.556. The maximum atomic E-state index is 14.0. The Kier molecular flexibility index (Phi) is 7.50. The fourth-order valence-corrected chi connectivity index (χ4v) is 3.00. The molecule has 144 valence electrons. The van der Waals surface area contributed by atoms with Crippen LogP contribution in [0, 0.1) is 5.82 Å². The first kappa shape index (κ1) is 20.3. The summed E-state index contributed by atoms with van der Waals surface area (Å²) in [4.78, 5) is 25.4. The van der Waals surface area contributed by atoms with Crippen molar-refractivity contribution >= 4 is 11.9 Å². The summed E-state index contributed by atoms with van der Waals surface area (Å²) in [5, 5.41) is 9.07. The van der Waals surface area contributed by atoms with E-state index in [1.54, 1.807) is 7.11 Å². The van der Waals surface area contributed by atoms with Gasteiger partial charge in [0, 0.05) is 37.9 Å². The van der Waals surface area contributed by atoms with E-state index in [1.165, 1.54) is 30.2 Å². The lowest BCUT2D eigenvalue weighted by Gasteiger charge is -2.23. The first-order valence-electron chi connectivity index (χ1n) is 8.37. The van der Waals surface area contributed by atoms with Crippen LogP contribution >= 0.6 is 0 Å². The zero-order valence-corrected chi connectivity index (χ0v) is 14.9. The van der Waals surface area contributed by atoms with E-state index in [0.717, 1.165) is 0 Å². The number of carbonyl (C=O) groups is 2. The molecule has 0 spiro atoms. The Hall–Kier alpha value is -2.03. The molecule has 1 aromatic rings. The summed E-state index contributed by atoms with van der Waals surface area (Å²) in [6, 6.07) is 3.62. The van der Waals surface area contributed by atoms with Crippen molar-refractivity contribution < 1.29 is 33.3 Å². The summed E-state index contributed by atoms with van der Waals surface area (Å²) in [6.45, 7) is 1.04. The molecule has 0 radical (unpaired) electrons. The molecule has 0 saturated carbocycles. The molecular weight excluding hydrogens is 345 g/mol. The Morgan fingerprint density at radius 1 is 1.31 bits per heavy atom. The summed E-state index contributed by atoms with van der Waals surface area (Å²) >= 11 is 0. The summed E-state index contributed by atoms with van der Waals surface area (Å²) in [5.74, 6) is -1.78. The van der Waals surface area contributed by atoms with Gasteiger partial charge in [-0.05, 0) is 24.6 Å². The van der Waals surface area contributed by atoms with Crippen LogP contribution in [0.25, 0.3) is 0 Å². The van der Waals surface area contributed by atoms with Crippen molar-refractivity contribution in [1.29, 1.82) is 0 Å². The van der Waals surface area contributed by atoms with Gasteiger partial charge >= 0.3 is 5.97 Å². The highest BCUT2D eigenvalue weighted by Gasteiger charge is 2.37. The van der Waals surface area contributed by atoms with Gasteiger partial charge in [-0.2, -0.15) is 0 Å². The van der Waals surface area contributed by atoms with E-state index in [1.807, 2.05) is 0 Å². The van der Waals surface area contributed by atoms with Crippen LogP contribution in [0.5, 0.6) is 0 Å². The van der Waals surface area contributed by atoms with Gasteiger partial charge in [0.25, 0.3) is 5.91 Å². The van der Waals surface area contributed by atoms with Gasteiger partial charge in [-0.1, -0.05) is 0 Å². The number of methoxy groups -OCH3 is 2. The minimum Gasteiger partial charge on any atom is -0.481 e. The SMILES string of the molecule is COCCOCc1cc(C(=O)N2CC(OC)CC2CC(=O)O)ccc1F. The molecule has 0 aromatic heterocycles. The second-order valence-corrected chi connectivity index (χ2v) is 6.15. The predicted octanol–water partition coefficient (Wildman–Crippen LogP) is 1.69. The number of likely N-dealkylation sites (tertiary alicyclic amines) is 1. The van der Waals surface area contributed by atoms with Crippen LogP contribution in [-0.4, -0.2) is 68.0 Å². The van der Waals surface area contributed by atoms with Crippen LogP contribution in [0.3, 0.4) is 0 Å². The van der Waals surface area contributed by atoms with Gasteiger partial charge in [-0.15, -0.1) is 0 Å². The lowest BCUT2D eigenvalue weighted by atomic mass is 10.1. The molecule has 1 saturated heterocycles. The van der Waals surface area contributed by atoms with Crippen molar-refractivity contribution in [1.82, 2.24) is 4.90 Å². The maximum Gasteiger partial charge on any atom is 0.305 e. The monoisotopic (exact) mass is 369 g/mol. The number of nitrogens with zero attached hydrogens (tertiary/aromatic N) is 1. The average Bonchev–Trinajstić information content (AvgIpc) is 3.01. The number of hydrogen-bond acceptors (Lipinski definition) is 5. The first-order valence-corrected chi connectivity index (χ1v) is 8.37. The highest BCUT2D eigenvalue weighted by Crippen LogP contribution is 2.25. The molecule has 2 atom stereocenters. The minimum atomic E-state index is -0.976. The lowest BCUT2D eigenvalue weighted by molar-refractivity contribution is -0.138. The normalized spacial score (nSPS) is 19.7. The molecule has 1 amide bonds. The molecule has 2 rings (SSSR count). The van der Waals surface area contributed by atoms with Crippen LogP contribution in [0.2, 0.25) is 0 Å². The summed E-state index contributed by atoms with van der Waals surface area (Å²) < 4.78 is 29.4. The maximum absolute atomic E-state index is 14.0. The number of carboxylic acid groups (broad SMARTS) is 1. The van der Waals surface area contributed by atoms with Crippen molar-refractivity contribution in [3.63, 3.8) is 0 Å². The number of benzene rings is 1. The number of hydrogen-bond donors (Lipinski definition) is 1. The van der Waals surface area contributed by atoms with Gasteiger partial charge < -0.3 is 24.2 Å². The van der Waals surface area contributed by atoms with Gasteiger partial charge in [0.2, 0.25) is 0 Å². The van der Waals surface area contributed by atoms with Crippen molar-refractivity contribution in [3.8, 4) is 0 Å². The molecule has 1 aliphatic rings. The van der Waals surface area contributed by atoms with Crippen molar-refractivity contribution in [2.75, 3.05) is 34.0 Å². The second kappa shape index (κ2) is 9.61. The number of ether oxygens (including phenoxy) is 3. The Bertz CT molecular complexity index is 638. The minimum absolute atomic E-state index is 0.0234. The van der Waals surface area contributed by atoms with E-state index >= 15 is 0 Å². The number of halogens is 1. The van der Waals surface area contributed by atoms with E-state index in [4.69, 9.17) is 19.3 Å². The molecule has 26 heavy (non-hydrogen) atoms. The average molecular weight is 369 g/mol. The lowest BCUT2D eigenvalue weighted by Crippen LogP contribution is -2.37. The zero-order valence-electron chi connectivity index (χ0n) is 14.9. The standard InChI is InChI=1S/C18H24FNO6/c1-24-5-6-26-11-13-7-12(3-4-16(13)19)18(23)20-10-15(25-2)8-14(20)9-17(21)22/h3-4,7,14-15H,5-6,8-11H2,1-2H3,(H,21,22). The van der Waals surface area contributed by atoms with Crippen LogP contribution < -0.4 is 0 Å². The van der Waals surface area contributed by atoms with Crippen LogP contribution in [-0.2, 0) is 25.6 Å². The summed E-state index contributed by atoms with van der Waals surface area (Å²) in [7, 11) is 3.07. The zero-order chi connectivity index (χ0) is 19.1. The molecule has 1 aromatic carbocycles. The Morgan fingerprint density at radius 2 is 2.08 bits per heavy atom. The fourth-order valence-electron chi connectivity index (χ4n) is 3.00. The topological polar surface area (TPSA) is 85.3 Å². The summed E-state index contributed by atoms with van der Waals surface area (Å²) in [6.07, 6.45) is 0.100. The number of carboxylic acids is 1. The van der Waals surface area contributed by atoms with Gasteiger partial charge in [0.05, 0.1) is 32.3 Å². The molecule has 8 heteroatoms. The molecule has 7 nitrogen and oxygen atoms in total. The quantitative estimate of drug-likeness (QED) is 0.667. The molecule has 1 aliphatic heterocycles. The first-order chi connectivity index (χ1) is 12.5. The molecular formula is C18H24FNO6. The highest BCUT2D eigenvalue weighted by molar-refractivity contribution is 5.95. The van der Waals surface area contributed by atoms with Gasteiger partial charge in [-0.3, -0.25) is 9.59 Å². The molecule has 0 aliphatic carbocycles. The van der Waals surface area contributed by atoms with E-state index in [9.17, 15) is 14.0 Å². The van der Waals surface area contributed by atoms with Crippen LogP contribution in [0.15, 0.2) is 18.2 Å². The number of carbonyl (C=O) groups excluding carboxylic acids is 1. The molecule has 2 unspecified atom stereocenters. The molecule has 1 fully saturated rings. The number of rotatable bonds is 9. The Labute approximate surface area is 151 Å². The molecule has 1 heterocycles. The highest BCUT2D eigenvalue weighted by atomic mass is 19.1. The molecule has 0 bridgehead atoms. The van der Waals surface area contributed by atoms with E-state index in [0.29, 0.717) is 31.7 Å². The summed E-state index contributed by atoms with van der Waals surface area (Å²) in [5.41, 5.74) is 0.563. The Morgan fingerprint density at radius 3 is 2.73 bits per heavy atom. The third-order valence-corrected chi connectivity index (χ3v) is 4.36. The van der Waals surface area contributed by atoms with Crippen LogP contribution in [0.4, 0.5) is 4.39 Å². The predicted molar refractivity (Wildman–Crippen MR) is 90.4 cm³/mol. The molecule has 1 N–H and O–H groups in total. The van der Waals surface area contributed by atoms with Gasteiger partial charge in [-0.25, -0.2) is 4.39 Å². The number of amides is 1. The van der Waals surface area contributed by atoms with Crippen molar-refractivity contribution in [2.45, 2.75) is 31.6 Å². The largest absolute Gasteiger partial charge is 0.481 e. The van der Waals surface area contributed by atoms with Crippen LogP contribution in [0.1, 0.15) is 28.8 Å². The van der Waals surface area contributed by atoms with Gasteiger partial charge in [0.15, 0.2) is 0 Å². The Balaban J connectivity index is 2.12. The third kappa shape index (κ3) is 5.23.